The summed E-state index contributed by atoms with van der Waals surface area (Å²) in [7, 11) is 0. The summed E-state index contributed by atoms with van der Waals surface area (Å²) < 4.78 is 13.5. The van der Waals surface area contributed by atoms with E-state index in [1.165, 1.54) is 12.1 Å². The van der Waals surface area contributed by atoms with E-state index in [2.05, 4.69) is 0 Å². The molecule has 0 bridgehead atoms. The lowest BCUT2D eigenvalue weighted by atomic mass is 9.89. The number of nitrogens with two attached hydrogens (primary N) is 1. The largest absolute Gasteiger partial charge is 0.388 e. The highest BCUT2D eigenvalue weighted by atomic mass is 35.5. The summed E-state index contributed by atoms with van der Waals surface area (Å²) in [5.41, 5.74) is 6.66. The van der Waals surface area contributed by atoms with Crippen LogP contribution < -0.4 is 5.73 Å². The van der Waals surface area contributed by atoms with Crippen molar-refractivity contribution in [2.45, 2.75) is 12.0 Å². The Morgan fingerprint density at radius 1 is 1.05 bits per heavy atom. The third-order valence-electron chi connectivity index (χ3n) is 3.29. The highest BCUT2D eigenvalue weighted by molar-refractivity contribution is 6.36. The monoisotopic (exact) mass is 347 g/mol. The van der Waals surface area contributed by atoms with Crippen molar-refractivity contribution in [2.24, 2.45) is 5.73 Å². The number of halogens is 4. The summed E-state index contributed by atoms with van der Waals surface area (Å²) in [4.78, 5) is 0. The van der Waals surface area contributed by atoms with Crippen molar-refractivity contribution >= 4 is 34.8 Å². The van der Waals surface area contributed by atoms with E-state index in [1.54, 1.807) is 24.3 Å². The van der Waals surface area contributed by atoms with Crippen LogP contribution in [0.2, 0.25) is 15.1 Å². The van der Waals surface area contributed by atoms with Crippen LogP contribution >= 0.6 is 34.8 Å². The van der Waals surface area contributed by atoms with Gasteiger partial charge < -0.3 is 10.8 Å². The van der Waals surface area contributed by atoms with E-state index < -0.39 is 17.8 Å². The molecule has 21 heavy (non-hydrogen) atoms. The molecule has 0 saturated heterocycles. The summed E-state index contributed by atoms with van der Waals surface area (Å²) >= 11 is 17.9. The maximum atomic E-state index is 13.5. The molecule has 0 aromatic heterocycles. The summed E-state index contributed by atoms with van der Waals surface area (Å²) in [6.07, 6.45) is -1.04. The number of aliphatic hydroxyl groups excluding tert-OH is 1. The van der Waals surface area contributed by atoms with Crippen LogP contribution in [0.3, 0.4) is 0 Å². The highest BCUT2D eigenvalue weighted by Crippen LogP contribution is 2.38. The Hall–Kier alpha value is -0.840. The van der Waals surface area contributed by atoms with Gasteiger partial charge in [0.15, 0.2) is 0 Å². The molecule has 2 atom stereocenters. The zero-order valence-corrected chi connectivity index (χ0v) is 13.1. The standard InChI is InChI=1S/C15H13Cl3FNO/c16-10-5-4-8(6-13(10)19)15(21)9(7-20)14-11(17)2-1-3-12(14)18/h1-6,9,15,21H,7,20H2. The van der Waals surface area contributed by atoms with Gasteiger partial charge in [-0.25, -0.2) is 4.39 Å². The van der Waals surface area contributed by atoms with E-state index in [1.807, 2.05) is 0 Å². The summed E-state index contributed by atoms with van der Waals surface area (Å²) in [5, 5.41) is 11.3. The van der Waals surface area contributed by atoms with Gasteiger partial charge in [0.05, 0.1) is 11.1 Å². The first kappa shape index (κ1) is 16.5. The molecule has 2 rings (SSSR count). The molecule has 0 fully saturated rings. The van der Waals surface area contributed by atoms with Crippen molar-refractivity contribution in [3.05, 3.63) is 68.4 Å². The predicted molar refractivity (Wildman–Crippen MR) is 84.6 cm³/mol. The van der Waals surface area contributed by atoms with Crippen molar-refractivity contribution in [1.82, 2.24) is 0 Å². The lowest BCUT2D eigenvalue weighted by Crippen LogP contribution is -2.21. The Labute approximate surface area is 137 Å². The Bertz CT molecular complexity index is 631. The second-order valence-electron chi connectivity index (χ2n) is 4.60. The predicted octanol–water partition coefficient (Wildman–Crippen LogP) is 4.56. The minimum absolute atomic E-state index is 0.00831. The van der Waals surface area contributed by atoms with Crippen LogP contribution in [0.4, 0.5) is 4.39 Å². The molecule has 0 amide bonds. The number of benzene rings is 2. The van der Waals surface area contributed by atoms with Crippen LogP contribution in [0.1, 0.15) is 23.1 Å². The Morgan fingerprint density at radius 2 is 1.67 bits per heavy atom. The summed E-state index contributed by atoms with van der Waals surface area (Å²) in [6.45, 7) is 0.106. The van der Waals surface area contributed by atoms with Gasteiger partial charge in [-0.05, 0) is 35.4 Å². The normalized spacial score (nSPS) is 14.0. The maximum absolute atomic E-state index is 13.5. The van der Waals surface area contributed by atoms with Gasteiger partial charge in [-0.1, -0.05) is 46.9 Å². The van der Waals surface area contributed by atoms with Gasteiger partial charge in [-0.15, -0.1) is 0 Å². The van der Waals surface area contributed by atoms with E-state index in [0.29, 0.717) is 21.2 Å². The average molecular weight is 349 g/mol. The summed E-state index contributed by atoms with van der Waals surface area (Å²) in [6, 6.07) is 9.15. The molecule has 0 spiro atoms. The molecule has 0 radical (unpaired) electrons. The van der Waals surface area contributed by atoms with Gasteiger partial charge in [0.2, 0.25) is 0 Å². The molecule has 0 saturated carbocycles. The van der Waals surface area contributed by atoms with Gasteiger partial charge in [-0.3, -0.25) is 0 Å². The zero-order valence-electron chi connectivity index (χ0n) is 10.9. The van der Waals surface area contributed by atoms with Gasteiger partial charge in [0.25, 0.3) is 0 Å². The fourth-order valence-electron chi connectivity index (χ4n) is 2.20. The number of aliphatic hydroxyl groups is 1. The fraction of sp³-hybridized carbons (Fsp3) is 0.200. The van der Waals surface area contributed by atoms with Crippen LogP contribution in [0.25, 0.3) is 0 Å². The van der Waals surface area contributed by atoms with Gasteiger partial charge in [0.1, 0.15) is 5.82 Å². The third-order valence-corrected chi connectivity index (χ3v) is 4.26. The number of hydrogen-bond donors (Lipinski definition) is 2. The zero-order chi connectivity index (χ0) is 15.6. The molecule has 0 aliphatic rings. The molecule has 2 nitrogen and oxygen atoms in total. The minimum Gasteiger partial charge on any atom is -0.388 e. The SMILES string of the molecule is NCC(c1c(Cl)cccc1Cl)C(O)c1ccc(Cl)c(F)c1. The van der Waals surface area contributed by atoms with Gasteiger partial charge in [0, 0.05) is 22.5 Å². The Morgan fingerprint density at radius 3 is 2.19 bits per heavy atom. The second kappa shape index (κ2) is 6.95. The van der Waals surface area contributed by atoms with Crippen LogP contribution in [0.5, 0.6) is 0 Å². The van der Waals surface area contributed by atoms with Crippen molar-refractivity contribution < 1.29 is 9.50 Å². The Kier molecular flexibility index (Phi) is 5.47. The molecule has 0 aliphatic heterocycles. The van der Waals surface area contributed by atoms with E-state index in [4.69, 9.17) is 40.5 Å². The maximum Gasteiger partial charge on any atom is 0.142 e. The van der Waals surface area contributed by atoms with Crippen molar-refractivity contribution in [1.29, 1.82) is 0 Å². The number of rotatable bonds is 4. The van der Waals surface area contributed by atoms with Gasteiger partial charge in [-0.2, -0.15) is 0 Å². The topological polar surface area (TPSA) is 46.2 Å². The first-order chi connectivity index (χ1) is 9.95. The smallest absolute Gasteiger partial charge is 0.142 e. The van der Waals surface area contributed by atoms with Crippen molar-refractivity contribution in [2.75, 3.05) is 6.54 Å². The number of hydrogen-bond acceptors (Lipinski definition) is 2. The molecule has 0 aliphatic carbocycles. The molecule has 2 unspecified atom stereocenters. The lowest BCUT2D eigenvalue weighted by Gasteiger charge is -2.24. The third kappa shape index (κ3) is 3.50. The molecule has 3 N–H and O–H groups in total. The minimum atomic E-state index is -1.04. The molecule has 112 valence electrons. The molecule has 2 aromatic carbocycles. The van der Waals surface area contributed by atoms with Gasteiger partial charge >= 0.3 is 0 Å². The highest BCUT2D eigenvalue weighted by Gasteiger charge is 2.26. The second-order valence-corrected chi connectivity index (χ2v) is 5.82. The average Bonchev–Trinajstić information content (AvgIpc) is 2.45. The first-order valence-corrected chi connectivity index (χ1v) is 7.36. The van der Waals surface area contributed by atoms with Crippen LogP contribution in [-0.4, -0.2) is 11.7 Å². The fourth-order valence-corrected chi connectivity index (χ4v) is 2.99. The van der Waals surface area contributed by atoms with Crippen LogP contribution in [0, 0.1) is 5.82 Å². The van der Waals surface area contributed by atoms with Crippen molar-refractivity contribution in [3.63, 3.8) is 0 Å². The molecule has 2 aromatic rings. The molecular formula is C15H13Cl3FNO. The quantitative estimate of drug-likeness (QED) is 0.850. The van der Waals surface area contributed by atoms with Crippen molar-refractivity contribution in [3.8, 4) is 0 Å². The molecule has 6 heteroatoms. The lowest BCUT2D eigenvalue weighted by molar-refractivity contribution is 0.147. The van der Waals surface area contributed by atoms with E-state index in [9.17, 15) is 9.50 Å². The molecular weight excluding hydrogens is 336 g/mol. The Balaban J connectivity index is 2.43. The first-order valence-electron chi connectivity index (χ1n) is 6.22. The van der Waals surface area contributed by atoms with Crippen LogP contribution in [0.15, 0.2) is 36.4 Å². The molecule has 0 heterocycles. The van der Waals surface area contributed by atoms with E-state index in [0.717, 1.165) is 0 Å². The summed E-state index contributed by atoms with van der Waals surface area (Å²) in [5.74, 6) is -1.15. The van der Waals surface area contributed by atoms with E-state index in [-0.39, 0.29) is 11.6 Å². The van der Waals surface area contributed by atoms with Crippen LogP contribution in [-0.2, 0) is 0 Å². The van der Waals surface area contributed by atoms with E-state index >= 15 is 0 Å².